The van der Waals surface area contributed by atoms with Gasteiger partial charge < -0.3 is 0 Å². The van der Waals surface area contributed by atoms with Crippen molar-refractivity contribution in [3.05, 3.63) is 34.9 Å². The van der Waals surface area contributed by atoms with Crippen LogP contribution in [0.1, 0.15) is 57.4 Å². The van der Waals surface area contributed by atoms with E-state index >= 15 is 0 Å². The van der Waals surface area contributed by atoms with Gasteiger partial charge in [-0.1, -0.05) is 56.8 Å². The Balaban J connectivity index is 2.32. The molecule has 114 valence electrons. The minimum atomic E-state index is -0.334. The zero-order valence-corrected chi connectivity index (χ0v) is 13.4. The number of benzene rings is 1. The van der Waals surface area contributed by atoms with E-state index in [0.29, 0.717) is 11.4 Å². The first-order valence-corrected chi connectivity index (χ1v) is 7.93. The molecule has 0 saturated carbocycles. The fraction of sp³-hybridized carbons (Fsp3) is 0.529. The number of amides is 2. The summed E-state index contributed by atoms with van der Waals surface area (Å²) in [6.07, 6.45) is 4.53. The minimum absolute atomic E-state index is 0.169. The summed E-state index contributed by atoms with van der Waals surface area (Å²) in [7, 11) is 0. The van der Waals surface area contributed by atoms with E-state index in [-0.39, 0.29) is 23.1 Å². The SMILES string of the molecule is CCCCCC1(C)CC(=O)NC(=O)C1c1cccc(Cl)c1. The van der Waals surface area contributed by atoms with Crippen molar-refractivity contribution in [2.75, 3.05) is 0 Å². The van der Waals surface area contributed by atoms with Crippen LogP contribution in [-0.4, -0.2) is 11.8 Å². The molecule has 1 saturated heterocycles. The van der Waals surface area contributed by atoms with Crippen LogP contribution in [0.3, 0.4) is 0 Å². The molecule has 2 amide bonds. The Hall–Kier alpha value is -1.35. The molecular formula is C17H22ClNO2. The minimum Gasteiger partial charge on any atom is -0.296 e. The third-order valence-electron chi connectivity index (χ3n) is 4.32. The molecule has 1 fully saturated rings. The van der Waals surface area contributed by atoms with E-state index in [1.54, 1.807) is 6.07 Å². The van der Waals surface area contributed by atoms with Gasteiger partial charge in [-0.3, -0.25) is 14.9 Å². The predicted molar refractivity (Wildman–Crippen MR) is 84.2 cm³/mol. The largest absolute Gasteiger partial charge is 0.296 e. The van der Waals surface area contributed by atoms with Crippen molar-refractivity contribution in [2.45, 2.75) is 51.9 Å². The predicted octanol–water partition coefficient (Wildman–Crippen LogP) is 4.06. The summed E-state index contributed by atoms with van der Waals surface area (Å²) in [6.45, 7) is 4.19. The van der Waals surface area contributed by atoms with E-state index in [0.717, 1.165) is 31.2 Å². The van der Waals surface area contributed by atoms with Crippen molar-refractivity contribution in [3.8, 4) is 0 Å². The molecule has 4 heteroatoms. The molecule has 1 aromatic carbocycles. The quantitative estimate of drug-likeness (QED) is 0.658. The van der Waals surface area contributed by atoms with E-state index in [1.807, 2.05) is 25.1 Å². The Bertz CT molecular complexity index is 543. The van der Waals surface area contributed by atoms with Crippen molar-refractivity contribution in [1.29, 1.82) is 0 Å². The van der Waals surface area contributed by atoms with Crippen molar-refractivity contribution < 1.29 is 9.59 Å². The number of piperidine rings is 1. The average molecular weight is 308 g/mol. The number of rotatable bonds is 5. The van der Waals surface area contributed by atoms with E-state index in [2.05, 4.69) is 12.2 Å². The molecule has 1 aromatic rings. The van der Waals surface area contributed by atoms with Crippen molar-refractivity contribution >= 4 is 23.4 Å². The maximum Gasteiger partial charge on any atom is 0.234 e. The summed E-state index contributed by atoms with van der Waals surface area (Å²) in [4.78, 5) is 24.2. The van der Waals surface area contributed by atoms with Gasteiger partial charge in [-0.25, -0.2) is 0 Å². The second-order valence-corrected chi connectivity index (χ2v) is 6.62. The molecule has 2 atom stereocenters. The van der Waals surface area contributed by atoms with Crippen molar-refractivity contribution in [2.24, 2.45) is 5.41 Å². The smallest absolute Gasteiger partial charge is 0.234 e. The van der Waals surface area contributed by atoms with Crippen LogP contribution in [0.15, 0.2) is 24.3 Å². The van der Waals surface area contributed by atoms with Gasteiger partial charge in [0.1, 0.15) is 0 Å². The van der Waals surface area contributed by atoms with Crippen LogP contribution in [0.25, 0.3) is 0 Å². The highest BCUT2D eigenvalue weighted by atomic mass is 35.5. The fourth-order valence-corrected chi connectivity index (χ4v) is 3.49. The Kier molecular flexibility index (Phi) is 5.04. The van der Waals surface area contributed by atoms with Crippen molar-refractivity contribution in [3.63, 3.8) is 0 Å². The number of hydrogen-bond donors (Lipinski definition) is 1. The van der Waals surface area contributed by atoms with Gasteiger partial charge in [-0.05, 0) is 29.5 Å². The van der Waals surface area contributed by atoms with Gasteiger partial charge in [-0.2, -0.15) is 0 Å². The summed E-state index contributed by atoms with van der Waals surface area (Å²) < 4.78 is 0. The van der Waals surface area contributed by atoms with Gasteiger partial charge >= 0.3 is 0 Å². The number of carbonyl (C=O) groups excluding carboxylic acids is 2. The molecule has 0 radical (unpaired) electrons. The average Bonchev–Trinajstić information content (AvgIpc) is 2.37. The molecule has 2 rings (SSSR count). The molecular weight excluding hydrogens is 286 g/mol. The van der Waals surface area contributed by atoms with Crippen LogP contribution in [-0.2, 0) is 9.59 Å². The summed E-state index contributed by atoms with van der Waals surface area (Å²) in [5.74, 6) is -0.685. The summed E-state index contributed by atoms with van der Waals surface area (Å²) in [6, 6.07) is 7.41. The molecule has 0 aliphatic carbocycles. The molecule has 2 unspecified atom stereocenters. The zero-order valence-electron chi connectivity index (χ0n) is 12.6. The monoisotopic (exact) mass is 307 g/mol. The lowest BCUT2D eigenvalue weighted by atomic mass is 9.66. The highest BCUT2D eigenvalue weighted by molar-refractivity contribution is 6.30. The summed E-state index contributed by atoms with van der Waals surface area (Å²) in [5.41, 5.74) is 0.561. The van der Waals surface area contributed by atoms with Gasteiger partial charge in [-0.15, -0.1) is 0 Å². The highest BCUT2D eigenvalue weighted by Crippen LogP contribution is 2.45. The summed E-state index contributed by atoms with van der Waals surface area (Å²) in [5, 5.41) is 3.09. The van der Waals surface area contributed by atoms with Gasteiger partial charge in [0.05, 0.1) is 5.92 Å². The van der Waals surface area contributed by atoms with Gasteiger partial charge in [0.2, 0.25) is 11.8 Å². The van der Waals surface area contributed by atoms with Crippen LogP contribution >= 0.6 is 11.6 Å². The molecule has 0 bridgehead atoms. The number of nitrogens with one attached hydrogen (secondary N) is 1. The van der Waals surface area contributed by atoms with E-state index in [9.17, 15) is 9.59 Å². The Morgan fingerprint density at radius 3 is 2.76 bits per heavy atom. The third kappa shape index (κ3) is 3.65. The lowest BCUT2D eigenvalue weighted by Crippen LogP contribution is -2.49. The van der Waals surface area contributed by atoms with Crippen LogP contribution in [0.4, 0.5) is 0 Å². The number of hydrogen-bond acceptors (Lipinski definition) is 2. The number of imide groups is 1. The molecule has 1 aliphatic heterocycles. The molecule has 1 aliphatic rings. The second-order valence-electron chi connectivity index (χ2n) is 6.19. The lowest BCUT2D eigenvalue weighted by molar-refractivity contribution is -0.139. The zero-order chi connectivity index (χ0) is 15.5. The van der Waals surface area contributed by atoms with Crippen LogP contribution in [0.2, 0.25) is 5.02 Å². The Morgan fingerprint density at radius 2 is 2.10 bits per heavy atom. The van der Waals surface area contributed by atoms with Gasteiger partial charge in [0, 0.05) is 11.4 Å². The van der Waals surface area contributed by atoms with Gasteiger partial charge in [0.25, 0.3) is 0 Å². The maximum atomic E-state index is 12.4. The molecule has 1 N–H and O–H groups in total. The number of halogens is 1. The molecule has 1 heterocycles. The lowest BCUT2D eigenvalue weighted by Gasteiger charge is -2.40. The number of unbranched alkanes of at least 4 members (excludes halogenated alkanes) is 2. The molecule has 0 aromatic heterocycles. The van der Waals surface area contributed by atoms with E-state index in [1.165, 1.54) is 0 Å². The summed E-state index contributed by atoms with van der Waals surface area (Å²) >= 11 is 6.06. The molecule has 21 heavy (non-hydrogen) atoms. The first-order valence-electron chi connectivity index (χ1n) is 7.55. The van der Waals surface area contributed by atoms with Crippen LogP contribution < -0.4 is 5.32 Å². The topological polar surface area (TPSA) is 46.2 Å². The maximum absolute atomic E-state index is 12.4. The molecule has 3 nitrogen and oxygen atoms in total. The van der Waals surface area contributed by atoms with Crippen LogP contribution in [0, 0.1) is 5.41 Å². The van der Waals surface area contributed by atoms with Gasteiger partial charge in [0.15, 0.2) is 0 Å². The second kappa shape index (κ2) is 6.61. The van der Waals surface area contributed by atoms with Crippen LogP contribution in [0.5, 0.6) is 0 Å². The standard InChI is InChI=1S/C17H22ClNO2/c1-3-4-5-9-17(2)11-14(20)19-16(21)15(17)12-7-6-8-13(18)10-12/h6-8,10,15H,3-5,9,11H2,1-2H3,(H,19,20,21). The van der Waals surface area contributed by atoms with Crippen molar-refractivity contribution in [1.82, 2.24) is 5.32 Å². The number of carbonyl (C=O) groups is 2. The Labute approximate surface area is 131 Å². The van der Waals surface area contributed by atoms with E-state index < -0.39 is 0 Å². The first-order chi connectivity index (χ1) is 9.96. The highest BCUT2D eigenvalue weighted by Gasteiger charge is 2.45. The first kappa shape index (κ1) is 16.0. The van der Waals surface area contributed by atoms with E-state index in [4.69, 9.17) is 11.6 Å². The molecule has 0 spiro atoms. The Morgan fingerprint density at radius 1 is 1.33 bits per heavy atom. The fourth-order valence-electron chi connectivity index (χ4n) is 3.29. The normalized spacial score (nSPS) is 25.8. The third-order valence-corrected chi connectivity index (χ3v) is 4.55.